The van der Waals surface area contributed by atoms with Gasteiger partial charge in [-0.1, -0.05) is 41.3 Å². The molecule has 0 atom stereocenters. The van der Waals surface area contributed by atoms with E-state index in [0.29, 0.717) is 18.4 Å². The SMILES string of the molecule is COC(=O)C1(NC(=O)Cn2c(=O)ccc3c(Br)cccc32)CCCCC1. The van der Waals surface area contributed by atoms with Crippen LogP contribution in [0.1, 0.15) is 32.1 Å². The Morgan fingerprint density at radius 1 is 1.19 bits per heavy atom. The molecule has 7 heteroatoms. The molecule has 6 nitrogen and oxygen atoms in total. The molecule has 1 aliphatic carbocycles. The van der Waals surface area contributed by atoms with E-state index in [-0.39, 0.29) is 18.0 Å². The van der Waals surface area contributed by atoms with E-state index < -0.39 is 11.5 Å². The van der Waals surface area contributed by atoms with Gasteiger partial charge in [0.05, 0.1) is 12.6 Å². The fraction of sp³-hybridized carbons (Fsp3) is 0.421. The topological polar surface area (TPSA) is 77.4 Å². The monoisotopic (exact) mass is 420 g/mol. The zero-order valence-electron chi connectivity index (χ0n) is 14.6. The number of hydrogen-bond acceptors (Lipinski definition) is 4. The zero-order chi connectivity index (χ0) is 18.7. The molecule has 0 aliphatic heterocycles. The minimum atomic E-state index is -0.987. The maximum Gasteiger partial charge on any atom is 0.331 e. The van der Waals surface area contributed by atoms with Crippen molar-refractivity contribution in [2.24, 2.45) is 0 Å². The average Bonchev–Trinajstić information content (AvgIpc) is 2.64. The first kappa shape index (κ1) is 18.6. The summed E-state index contributed by atoms with van der Waals surface area (Å²) in [5.41, 5.74) is -0.585. The van der Waals surface area contributed by atoms with Gasteiger partial charge in [-0.3, -0.25) is 14.2 Å². The van der Waals surface area contributed by atoms with Gasteiger partial charge in [0.2, 0.25) is 5.91 Å². The van der Waals surface area contributed by atoms with Gasteiger partial charge in [0.25, 0.3) is 5.56 Å². The van der Waals surface area contributed by atoms with Crippen molar-refractivity contribution in [2.75, 3.05) is 7.11 Å². The standard InChI is InChI=1S/C19H21BrN2O4/c1-26-18(25)19(10-3-2-4-11-19)21-16(23)12-22-15-7-5-6-14(20)13(15)8-9-17(22)24/h5-9H,2-4,10-12H2,1H3,(H,21,23). The lowest BCUT2D eigenvalue weighted by Crippen LogP contribution is -2.57. The maximum atomic E-state index is 12.7. The molecular formula is C19H21BrN2O4. The molecule has 1 aromatic carbocycles. The van der Waals surface area contributed by atoms with Gasteiger partial charge in [0.1, 0.15) is 12.1 Å². The summed E-state index contributed by atoms with van der Waals surface area (Å²) in [5.74, 6) is -0.787. The molecule has 1 saturated carbocycles. The maximum absolute atomic E-state index is 12.7. The molecule has 1 amide bonds. The number of hydrogen-bond donors (Lipinski definition) is 1. The van der Waals surface area contributed by atoms with Crippen molar-refractivity contribution in [2.45, 2.75) is 44.2 Å². The molecule has 0 unspecified atom stereocenters. The van der Waals surface area contributed by atoms with E-state index in [1.165, 1.54) is 17.7 Å². The Labute approximate surface area is 159 Å². The summed E-state index contributed by atoms with van der Waals surface area (Å²) in [5, 5.41) is 3.70. The van der Waals surface area contributed by atoms with Crippen LogP contribution in [0.15, 0.2) is 39.6 Å². The number of methoxy groups -OCH3 is 1. The summed E-state index contributed by atoms with van der Waals surface area (Å²) in [4.78, 5) is 37.3. The van der Waals surface area contributed by atoms with Crippen LogP contribution in [0.5, 0.6) is 0 Å². The van der Waals surface area contributed by atoms with E-state index in [1.807, 2.05) is 12.1 Å². The minimum Gasteiger partial charge on any atom is -0.467 e. The second-order valence-corrected chi connectivity index (χ2v) is 7.47. The highest BCUT2D eigenvalue weighted by Crippen LogP contribution is 2.29. The fourth-order valence-corrected chi connectivity index (χ4v) is 4.12. The molecule has 1 N–H and O–H groups in total. The predicted molar refractivity (Wildman–Crippen MR) is 102 cm³/mol. The lowest BCUT2D eigenvalue weighted by molar-refractivity contribution is -0.152. The Bertz CT molecular complexity index is 900. The predicted octanol–water partition coefficient (Wildman–Crippen LogP) is 2.76. The summed E-state index contributed by atoms with van der Waals surface area (Å²) in [6, 6.07) is 8.67. The van der Waals surface area contributed by atoms with Crippen molar-refractivity contribution in [1.29, 1.82) is 0 Å². The van der Waals surface area contributed by atoms with Crippen LogP contribution in [0.2, 0.25) is 0 Å². The Morgan fingerprint density at radius 3 is 2.62 bits per heavy atom. The average molecular weight is 421 g/mol. The van der Waals surface area contributed by atoms with Crippen LogP contribution < -0.4 is 10.9 Å². The van der Waals surface area contributed by atoms with Crippen molar-refractivity contribution < 1.29 is 14.3 Å². The van der Waals surface area contributed by atoms with Crippen LogP contribution in [0.3, 0.4) is 0 Å². The first-order valence-electron chi connectivity index (χ1n) is 8.64. The van der Waals surface area contributed by atoms with E-state index in [1.54, 1.807) is 12.1 Å². The molecule has 26 heavy (non-hydrogen) atoms. The number of nitrogens with one attached hydrogen (secondary N) is 1. The van der Waals surface area contributed by atoms with Gasteiger partial charge in [0, 0.05) is 15.9 Å². The highest BCUT2D eigenvalue weighted by Gasteiger charge is 2.41. The van der Waals surface area contributed by atoms with E-state index in [2.05, 4.69) is 21.2 Å². The first-order chi connectivity index (χ1) is 12.5. The zero-order valence-corrected chi connectivity index (χ0v) is 16.2. The number of fused-ring (bicyclic) bond motifs is 1. The number of rotatable bonds is 4. The van der Waals surface area contributed by atoms with Crippen molar-refractivity contribution in [3.05, 3.63) is 45.2 Å². The van der Waals surface area contributed by atoms with Crippen LogP contribution in [-0.4, -0.2) is 29.1 Å². The van der Waals surface area contributed by atoms with E-state index in [4.69, 9.17) is 4.74 Å². The van der Waals surface area contributed by atoms with Crippen molar-refractivity contribution in [3.8, 4) is 0 Å². The number of esters is 1. The van der Waals surface area contributed by atoms with Gasteiger partial charge in [-0.15, -0.1) is 0 Å². The first-order valence-corrected chi connectivity index (χ1v) is 9.44. The van der Waals surface area contributed by atoms with Crippen LogP contribution >= 0.6 is 15.9 Å². The number of aromatic nitrogens is 1. The Morgan fingerprint density at radius 2 is 1.92 bits per heavy atom. The minimum absolute atomic E-state index is 0.147. The van der Waals surface area contributed by atoms with Gasteiger partial charge in [-0.2, -0.15) is 0 Å². The highest BCUT2D eigenvalue weighted by atomic mass is 79.9. The summed E-state index contributed by atoms with van der Waals surface area (Å²) in [6.45, 7) is -0.147. The molecule has 1 aliphatic rings. The molecule has 1 fully saturated rings. The quantitative estimate of drug-likeness (QED) is 0.771. The Balaban J connectivity index is 1.89. The third kappa shape index (κ3) is 3.53. The van der Waals surface area contributed by atoms with Gasteiger partial charge < -0.3 is 10.1 Å². The van der Waals surface area contributed by atoms with Crippen molar-refractivity contribution in [3.63, 3.8) is 0 Å². The lowest BCUT2D eigenvalue weighted by atomic mass is 9.81. The van der Waals surface area contributed by atoms with Gasteiger partial charge in [-0.25, -0.2) is 4.79 Å². The second kappa shape index (κ2) is 7.61. The number of ether oxygens (including phenoxy) is 1. The van der Waals surface area contributed by atoms with Crippen molar-refractivity contribution in [1.82, 2.24) is 9.88 Å². The number of carbonyl (C=O) groups is 2. The van der Waals surface area contributed by atoms with Gasteiger partial charge in [0.15, 0.2) is 0 Å². The summed E-state index contributed by atoms with van der Waals surface area (Å²) >= 11 is 3.46. The van der Waals surface area contributed by atoms with Crippen LogP contribution in [0.4, 0.5) is 0 Å². The second-order valence-electron chi connectivity index (χ2n) is 6.61. The smallest absolute Gasteiger partial charge is 0.331 e. The Hall–Kier alpha value is -2.15. The normalized spacial score (nSPS) is 16.2. The molecule has 0 bridgehead atoms. The molecule has 3 rings (SSSR count). The summed E-state index contributed by atoms with van der Waals surface area (Å²) in [6.07, 6.45) is 3.86. The number of halogens is 1. The van der Waals surface area contributed by atoms with Gasteiger partial charge in [-0.05, 0) is 31.0 Å². The van der Waals surface area contributed by atoms with Crippen LogP contribution in [0.25, 0.3) is 10.9 Å². The number of amides is 1. The van der Waals surface area contributed by atoms with Crippen LogP contribution in [0, 0.1) is 0 Å². The van der Waals surface area contributed by atoms with E-state index in [0.717, 1.165) is 29.1 Å². The van der Waals surface area contributed by atoms with E-state index in [9.17, 15) is 14.4 Å². The molecule has 0 saturated heterocycles. The molecule has 1 heterocycles. The number of nitrogens with zero attached hydrogens (tertiary/aromatic N) is 1. The molecule has 1 aromatic heterocycles. The molecule has 0 spiro atoms. The number of benzene rings is 1. The van der Waals surface area contributed by atoms with E-state index >= 15 is 0 Å². The molecule has 2 aromatic rings. The number of carbonyl (C=O) groups excluding carboxylic acids is 2. The third-order valence-electron chi connectivity index (χ3n) is 4.94. The third-order valence-corrected chi connectivity index (χ3v) is 5.63. The summed E-state index contributed by atoms with van der Waals surface area (Å²) < 4.78 is 7.19. The van der Waals surface area contributed by atoms with Gasteiger partial charge >= 0.3 is 5.97 Å². The summed E-state index contributed by atoms with van der Waals surface area (Å²) in [7, 11) is 1.33. The van der Waals surface area contributed by atoms with Crippen molar-refractivity contribution >= 4 is 38.7 Å². The Kier molecular flexibility index (Phi) is 5.46. The molecule has 138 valence electrons. The lowest BCUT2D eigenvalue weighted by Gasteiger charge is -2.35. The van der Waals surface area contributed by atoms with Crippen LogP contribution in [-0.2, 0) is 20.9 Å². The number of pyridine rings is 1. The molecular weight excluding hydrogens is 400 g/mol. The molecule has 0 radical (unpaired) electrons. The fourth-order valence-electron chi connectivity index (χ4n) is 3.63. The highest BCUT2D eigenvalue weighted by molar-refractivity contribution is 9.10. The largest absolute Gasteiger partial charge is 0.467 e.